The maximum absolute atomic E-state index is 12.5. The molecule has 0 aliphatic carbocycles. The molecule has 2 aromatic heterocycles. The fraction of sp³-hybridized carbons (Fsp3) is 0.0500. The van der Waals surface area contributed by atoms with Gasteiger partial charge in [-0.2, -0.15) is 4.98 Å². The van der Waals surface area contributed by atoms with Crippen LogP contribution in [0.4, 0.5) is 5.69 Å². The van der Waals surface area contributed by atoms with E-state index in [1.807, 2.05) is 55.5 Å². The molecule has 0 aliphatic rings. The first kappa shape index (κ1) is 16.7. The standard InChI is InChI=1S/C20H14IN3O2/c1-12-4-5-14(20-24-18-17(26-20)3-2-10-22-18)11-16(12)23-19(25)13-6-8-15(21)9-7-13/h2-11H,1H3,(H,23,25). The highest BCUT2D eigenvalue weighted by atomic mass is 127. The molecule has 1 N–H and O–H groups in total. The van der Waals surface area contributed by atoms with E-state index in [-0.39, 0.29) is 5.91 Å². The average molecular weight is 455 g/mol. The predicted octanol–water partition coefficient (Wildman–Crippen LogP) is 5.06. The Balaban J connectivity index is 1.65. The molecule has 6 heteroatoms. The number of halogens is 1. The van der Waals surface area contributed by atoms with Crippen LogP contribution in [0, 0.1) is 10.5 Å². The number of nitrogens with one attached hydrogen (secondary N) is 1. The van der Waals surface area contributed by atoms with Gasteiger partial charge in [0.15, 0.2) is 11.2 Å². The lowest BCUT2D eigenvalue weighted by atomic mass is 10.1. The fourth-order valence-corrected chi connectivity index (χ4v) is 2.94. The van der Waals surface area contributed by atoms with Crippen LogP contribution in [-0.2, 0) is 0 Å². The number of aryl methyl sites for hydroxylation is 1. The number of anilines is 1. The summed E-state index contributed by atoms with van der Waals surface area (Å²) in [4.78, 5) is 21.1. The number of pyridine rings is 1. The van der Waals surface area contributed by atoms with Gasteiger partial charge in [-0.05, 0) is 83.6 Å². The summed E-state index contributed by atoms with van der Waals surface area (Å²) >= 11 is 2.21. The number of amides is 1. The molecule has 128 valence electrons. The van der Waals surface area contributed by atoms with E-state index in [1.165, 1.54) is 0 Å². The minimum Gasteiger partial charge on any atom is -0.434 e. The van der Waals surface area contributed by atoms with Gasteiger partial charge in [0.25, 0.3) is 5.91 Å². The highest BCUT2D eigenvalue weighted by molar-refractivity contribution is 14.1. The van der Waals surface area contributed by atoms with Crippen LogP contribution in [0.1, 0.15) is 15.9 Å². The maximum Gasteiger partial charge on any atom is 0.255 e. The minimum atomic E-state index is -0.152. The number of oxazole rings is 1. The summed E-state index contributed by atoms with van der Waals surface area (Å²) < 4.78 is 6.85. The molecule has 0 spiro atoms. The van der Waals surface area contributed by atoms with Gasteiger partial charge < -0.3 is 9.73 Å². The van der Waals surface area contributed by atoms with Crippen LogP contribution in [0.25, 0.3) is 22.7 Å². The first-order valence-electron chi connectivity index (χ1n) is 8.00. The van der Waals surface area contributed by atoms with Gasteiger partial charge >= 0.3 is 0 Å². The second-order valence-corrected chi connectivity index (χ2v) is 7.08. The minimum absolute atomic E-state index is 0.152. The fourth-order valence-electron chi connectivity index (χ4n) is 2.58. The molecule has 1 amide bonds. The topological polar surface area (TPSA) is 68.0 Å². The molecule has 0 unspecified atom stereocenters. The summed E-state index contributed by atoms with van der Waals surface area (Å²) in [7, 11) is 0. The van der Waals surface area contributed by atoms with Gasteiger partial charge in [-0.15, -0.1) is 0 Å². The van der Waals surface area contributed by atoms with E-state index >= 15 is 0 Å². The van der Waals surface area contributed by atoms with Crippen molar-refractivity contribution in [1.82, 2.24) is 9.97 Å². The molecule has 5 nitrogen and oxygen atoms in total. The molecule has 0 saturated carbocycles. The molecular weight excluding hydrogens is 441 g/mol. The smallest absolute Gasteiger partial charge is 0.255 e. The number of aromatic nitrogens is 2. The number of carbonyl (C=O) groups excluding carboxylic acids is 1. The van der Waals surface area contributed by atoms with Crippen LogP contribution in [0.15, 0.2) is 65.2 Å². The Morgan fingerprint density at radius 2 is 1.92 bits per heavy atom. The first-order chi connectivity index (χ1) is 12.6. The van der Waals surface area contributed by atoms with E-state index in [0.717, 1.165) is 20.4 Å². The number of fused-ring (bicyclic) bond motifs is 1. The van der Waals surface area contributed by atoms with Crippen molar-refractivity contribution >= 4 is 45.4 Å². The van der Waals surface area contributed by atoms with Gasteiger partial charge in [0.05, 0.1) is 0 Å². The van der Waals surface area contributed by atoms with Crippen molar-refractivity contribution in [1.29, 1.82) is 0 Å². The third-order valence-electron chi connectivity index (χ3n) is 4.00. The summed E-state index contributed by atoms with van der Waals surface area (Å²) in [6.45, 7) is 1.95. The molecule has 0 bridgehead atoms. The normalized spacial score (nSPS) is 10.8. The molecule has 0 atom stereocenters. The van der Waals surface area contributed by atoms with E-state index in [0.29, 0.717) is 22.7 Å². The Morgan fingerprint density at radius 1 is 1.12 bits per heavy atom. The summed E-state index contributed by atoms with van der Waals surface area (Å²) in [5, 5.41) is 2.96. The molecule has 2 heterocycles. The molecule has 0 radical (unpaired) electrons. The van der Waals surface area contributed by atoms with Crippen LogP contribution in [0.3, 0.4) is 0 Å². The SMILES string of the molecule is Cc1ccc(-c2nc3ncccc3o2)cc1NC(=O)c1ccc(I)cc1. The molecule has 26 heavy (non-hydrogen) atoms. The lowest BCUT2D eigenvalue weighted by Crippen LogP contribution is -2.12. The second-order valence-electron chi connectivity index (χ2n) is 5.83. The van der Waals surface area contributed by atoms with Crippen LogP contribution in [-0.4, -0.2) is 15.9 Å². The summed E-state index contributed by atoms with van der Waals surface area (Å²) in [5.41, 5.74) is 4.27. The van der Waals surface area contributed by atoms with Crippen LogP contribution >= 0.6 is 22.6 Å². The summed E-state index contributed by atoms with van der Waals surface area (Å²) in [5.74, 6) is 0.323. The molecule has 4 rings (SSSR count). The van der Waals surface area contributed by atoms with E-state index in [4.69, 9.17) is 4.42 Å². The van der Waals surface area contributed by atoms with Gasteiger partial charge in [-0.1, -0.05) is 6.07 Å². The highest BCUT2D eigenvalue weighted by Crippen LogP contribution is 2.27. The van der Waals surface area contributed by atoms with Gasteiger partial charge in [0, 0.05) is 26.6 Å². The van der Waals surface area contributed by atoms with Gasteiger partial charge in [0.1, 0.15) is 0 Å². The molecule has 0 saturated heterocycles. The number of benzene rings is 2. The van der Waals surface area contributed by atoms with Gasteiger partial charge in [0.2, 0.25) is 5.89 Å². The lowest BCUT2D eigenvalue weighted by molar-refractivity contribution is 0.102. The van der Waals surface area contributed by atoms with Crippen molar-refractivity contribution in [3.63, 3.8) is 0 Å². The summed E-state index contributed by atoms with van der Waals surface area (Å²) in [6, 6.07) is 16.8. The van der Waals surface area contributed by atoms with Crippen LogP contribution in [0.2, 0.25) is 0 Å². The van der Waals surface area contributed by atoms with Crippen molar-refractivity contribution in [2.45, 2.75) is 6.92 Å². The van der Waals surface area contributed by atoms with Crippen molar-refractivity contribution in [2.75, 3.05) is 5.32 Å². The number of nitrogens with zero attached hydrogens (tertiary/aromatic N) is 2. The molecule has 2 aromatic carbocycles. The monoisotopic (exact) mass is 455 g/mol. The lowest BCUT2D eigenvalue weighted by Gasteiger charge is -2.10. The molecule has 0 fully saturated rings. The van der Waals surface area contributed by atoms with Crippen LogP contribution in [0.5, 0.6) is 0 Å². The van der Waals surface area contributed by atoms with Gasteiger partial charge in [-0.3, -0.25) is 4.79 Å². The largest absolute Gasteiger partial charge is 0.434 e. The van der Waals surface area contributed by atoms with E-state index < -0.39 is 0 Å². The van der Waals surface area contributed by atoms with E-state index in [9.17, 15) is 4.79 Å². The average Bonchev–Trinajstić information content (AvgIpc) is 3.08. The zero-order valence-electron chi connectivity index (χ0n) is 13.9. The number of carbonyl (C=O) groups is 1. The van der Waals surface area contributed by atoms with Crippen molar-refractivity contribution in [3.05, 3.63) is 75.5 Å². The number of hydrogen-bond acceptors (Lipinski definition) is 4. The zero-order chi connectivity index (χ0) is 18.1. The molecule has 0 aliphatic heterocycles. The third kappa shape index (κ3) is 3.32. The Morgan fingerprint density at radius 3 is 2.69 bits per heavy atom. The first-order valence-corrected chi connectivity index (χ1v) is 9.07. The zero-order valence-corrected chi connectivity index (χ0v) is 16.0. The van der Waals surface area contributed by atoms with E-state index in [1.54, 1.807) is 12.3 Å². The Labute approximate surface area is 163 Å². The molecule has 4 aromatic rings. The van der Waals surface area contributed by atoms with Crippen molar-refractivity contribution in [3.8, 4) is 11.5 Å². The third-order valence-corrected chi connectivity index (χ3v) is 4.72. The second kappa shape index (κ2) is 6.87. The molecular formula is C20H14IN3O2. The Bertz CT molecular complexity index is 1070. The summed E-state index contributed by atoms with van der Waals surface area (Å²) in [6.07, 6.45) is 1.68. The predicted molar refractivity (Wildman–Crippen MR) is 109 cm³/mol. The van der Waals surface area contributed by atoms with Crippen molar-refractivity contribution in [2.24, 2.45) is 0 Å². The highest BCUT2D eigenvalue weighted by Gasteiger charge is 2.12. The number of hydrogen-bond donors (Lipinski definition) is 1. The Hall–Kier alpha value is -2.74. The number of rotatable bonds is 3. The van der Waals surface area contributed by atoms with Crippen molar-refractivity contribution < 1.29 is 9.21 Å². The van der Waals surface area contributed by atoms with Gasteiger partial charge in [-0.25, -0.2) is 4.98 Å². The van der Waals surface area contributed by atoms with E-state index in [2.05, 4.69) is 37.9 Å². The van der Waals surface area contributed by atoms with Crippen LogP contribution < -0.4 is 5.32 Å². The Kier molecular flexibility index (Phi) is 4.42. The maximum atomic E-state index is 12.5. The quantitative estimate of drug-likeness (QED) is 0.439.